The SMILES string of the molecule is Cc1nc(CN(C)Cc2ccc(NN)c([N+](=O)[O-])c2)cs1. The van der Waals surface area contributed by atoms with Crippen molar-refractivity contribution < 1.29 is 4.92 Å². The van der Waals surface area contributed by atoms with E-state index in [0.717, 1.165) is 16.3 Å². The Morgan fingerprint density at radius 3 is 2.81 bits per heavy atom. The van der Waals surface area contributed by atoms with Crippen molar-refractivity contribution in [3.63, 3.8) is 0 Å². The van der Waals surface area contributed by atoms with Gasteiger partial charge in [-0.1, -0.05) is 6.07 Å². The summed E-state index contributed by atoms with van der Waals surface area (Å²) >= 11 is 1.61. The molecule has 3 N–H and O–H groups in total. The van der Waals surface area contributed by atoms with Crippen molar-refractivity contribution in [3.8, 4) is 0 Å². The Morgan fingerprint density at radius 1 is 1.48 bits per heavy atom. The van der Waals surface area contributed by atoms with Crippen LogP contribution in [-0.2, 0) is 13.1 Å². The molecular weight excluding hydrogens is 290 g/mol. The summed E-state index contributed by atoms with van der Waals surface area (Å²) < 4.78 is 0. The molecule has 21 heavy (non-hydrogen) atoms. The van der Waals surface area contributed by atoms with Gasteiger partial charge in [0.25, 0.3) is 5.69 Å². The molecule has 0 unspecified atom stereocenters. The highest BCUT2D eigenvalue weighted by atomic mass is 32.1. The summed E-state index contributed by atoms with van der Waals surface area (Å²) in [5.74, 6) is 5.27. The van der Waals surface area contributed by atoms with Gasteiger partial charge < -0.3 is 5.43 Å². The third kappa shape index (κ3) is 3.97. The minimum Gasteiger partial charge on any atom is -0.318 e. The van der Waals surface area contributed by atoms with Crippen LogP contribution in [0.1, 0.15) is 16.3 Å². The van der Waals surface area contributed by atoms with Gasteiger partial charge >= 0.3 is 0 Å². The van der Waals surface area contributed by atoms with Gasteiger partial charge in [-0.25, -0.2) is 4.98 Å². The van der Waals surface area contributed by atoms with Crippen LogP contribution in [0.4, 0.5) is 11.4 Å². The fourth-order valence-electron chi connectivity index (χ4n) is 2.07. The summed E-state index contributed by atoms with van der Waals surface area (Å²) in [5, 5.41) is 14.1. The fourth-order valence-corrected chi connectivity index (χ4v) is 2.68. The lowest BCUT2D eigenvalue weighted by molar-refractivity contribution is -0.384. The topological polar surface area (TPSA) is 97.3 Å². The first-order chi connectivity index (χ1) is 9.99. The van der Waals surface area contributed by atoms with Gasteiger partial charge in [-0.2, -0.15) is 0 Å². The molecule has 0 bridgehead atoms. The summed E-state index contributed by atoms with van der Waals surface area (Å²) in [6.45, 7) is 3.27. The summed E-state index contributed by atoms with van der Waals surface area (Å²) in [6, 6.07) is 4.98. The van der Waals surface area contributed by atoms with Crippen molar-refractivity contribution in [2.45, 2.75) is 20.0 Å². The highest BCUT2D eigenvalue weighted by Crippen LogP contribution is 2.25. The largest absolute Gasteiger partial charge is 0.318 e. The van der Waals surface area contributed by atoms with Gasteiger partial charge in [0.1, 0.15) is 5.69 Å². The Kier molecular flexibility index (Phi) is 4.84. The highest BCUT2D eigenvalue weighted by Gasteiger charge is 2.14. The van der Waals surface area contributed by atoms with Crippen LogP contribution in [0.25, 0.3) is 0 Å². The Labute approximate surface area is 126 Å². The molecule has 1 heterocycles. The number of anilines is 1. The van der Waals surface area contributed by atoms with E-state index in [1.54, 1.807) is 17.4 Å². The minimum absolute atomic E-state index is 0.0205. The van der Waals surface area contributed by atoms with E-state index < -0.39 is 4.92 Å². The molecule has 0 amide bonds. The van der Waals surface area contributed by atoms with Gasteiger partial charge in [0, 0.05) is 24.5 Å². The molecule has 0 fully saturated rings. The van der Waals surface area contributed by atoms with E-state index in [1.807, 2.05) is 25.4 Å². The van der Waals surface area contributed by atoms with Crippen LogP contribution in [0, 0.1) is 17.0 Å². The monoisotopic (exact) mass is 307 g/mol. The number of nitro benzene ring substituents is 1. The Hall–Kier alpha value is -2.03. The molecule has 7 nitrogen and oxygen atoms in total. The van der Waals surface area contributed by atoms with Crippen molar-refractivity contribution in [1.29, 1.82) is 0 Å². The number of hydrogen-bond acceptors (Lipinski definition) is 7. The molecule has 112 valence electrons. The predicted octanol–water partition coefficient (Wildman–Crippen LogP) is 2.28. The van der Waals surface area contributed by atoms with Gasteiger partial charge in [0.15, 0.2) is 0 Å². The van der Waals surface area contributed by atoms with E-state index in [1.165, 1.54) is 6.07 Å². The van der Waals surface area contributed by atoms with Crippen molar-refractivity contribution in [1.82, 2.24) is 9.88 Å². The summed E-state index contributed by atoms with van der Waals surface area (Å²) in [6.07, 6.45) is 0. The average molecular weight is 307 g/mol. The molecule has 0 saturated heterocycles. The Bertz CT molecular complexity index is 643. The second kappa shape index (κ2) is 6.61. The molecule has 1 aromatic heterocycles. The molecule has 8 heteroatoms. The fraction of sp³-hybridized carbons (Fsp3) is 0.308. The van der Waals surface area contributed by atoms with E-state index >= 15 is 0 Å². The van der Waals surface area contributed by atoms with Gasteiger partial charge in [-0.15, -0.1) is 11.3 Å². The number of nitrogens with two attached hydrogens (primary N) is 1. The number of aromatic nitrogens is 1. The van der Waals surface area contributed by atoms with Crippen LogP contribution in [-0.4, -0.2) is 21.9 Å². The quantitative estimate of drug-likeness (QED) is 0.483. The van der Waals surface area contributed by atoms with E-state index in [9.17, 15) is 10.1 Å². The van der Waals surface area contributed by atoms with E-state index in [2.05, 4.69) is 15.3 Å². The average Bonchev–Trinajstić information content (AvgIpc) is 2.83. The second-order valence-electron chi connectivity index (χ2n) is 4.78. The standard InChI is InChI=1S/C13H17N5O2S/c1-9-15-11(8-21-9)7-17(2)6-10-3-4-12(16-14)13(5-10)18(19)20/h3-5,8,16H,6-7,14H2,1-2H3. The van der Waals surface area contributed by atoms with Crippen molar-refractivity contribution >= 4 is 22.7 Å². The van der Waals surface area contributed by atoms with Crippen LogP contribution in [0.15, 0.2) is 23.6 Å². The number of nitro groups is 1. The molecule has 0 aliphatic carbocycles. The first kappa shape index (κ1) is 15.4. The van der Waals surface area contributed by atoms with E-state index in [4.69, 9.17) is 5.84 Å². The van der Waals surface area contributed by atoms with Gasteiger partial charge in [-0.05, 0) is 25.6 Å². The number of hydrogen-bond donors (Lipinski definition) is 2. The van der Waals surface area contributed by atoms with Crippen molar-refractivity contribution in [2.75, 3.05) is 12.5 Å². The molecule has 2 rings (SSSR count). The zero-order valence-corrected chi connectivity index (χ0v) is 12.7. The molecule has 0 radical (unpaired) electrons. The maximum absolute atomic E-state index is 11.0. The van der Waals surface area contributed by atoms with Crippen LogP contribution in [0.2, 0.25) is 0 Å². The van der Waals surface area contributed by atoms with E-state index in [-0.39, 0.29) is 5.69 Å². The first-order valence-corrected chi connectivity index (χ1v) is 7.21. The third-order valence-electron chi connectivity index (χ3n) is 2.97. The summed E-state index contributed by atoms with van der Waals surface area (Å²) in [5.41, 5.74) is 4.49. The second-order valence-corrected chi connectivity index (χ2v) is 5.85. The van der Waals surface area contributed by atoms with Crippen LogP contribution >= 0.6 is 11.3 Å². The van der Waals surface area contributed by atoms with Crippen LogP contribution in [0.3, 0.4) is 0 Å². The number of rotatable bonds is 6. The number of hydrazine groups is 1. The summed E-state index contributed by atoms with van der Waals surface area (Å²) in [7, 11) is 1.95. The van der Waals surface area contributed by atoms with Crippen LogP contribution in [0.5, 0.6) is 0 Å². The van der Waals surface area contributed by atoms with Crippen molar-refractivity contribution in [3.05, 3.63) is 50.0 Å². The number of nitrogen functional groups attached to an aromatic ring is 1. The molecular formula is C13H17N5O2S. The molecule has 1 aromatic carbocycles. The number of aryl methyl sites for hydroxylation is 1. The maximum Gasteiger partial charge on any atom is 0.293 e. The highest BCUT2D eigenvalue weighted by molar-refractivity contribution is 7.09. The molecule has 0 aliphatic heterocycles. The smallest absolute Gasteiger partial charge is 0.293 e. The number of thiazole rings is 1. The van der Waals surface area contributed by atoms with E-state index in [0.29, 0.717) is 18.8 Å². The van der Waals surface area contributed by atoms with Crippen molar-refractivity contribution in [2.24, 2.45) is 5.84 Å². The minimum atomic E-state index is -0.442. The first-order valence-electron chi connectivity index (χ1n) is 6.33. The molecule has 0 atom stereocenters. The third-order valence-corrected chi connectivity index (χ3v) is 3.79. The molecule has 0 aliphatic rings. The Morgan fingerprint density at radius 2 is 2.24 bits per heavy atom. The zero-order valence-electron chi connectivity index (χ0n) is 11.9. The molecule has 0 spiro atoms. The maximum atomic E-state index is 11.0. The Balaban J connectivity index is 2.08. The van der Waals surface area contributed by atoms with Gasteiger partial charge in [0.05, 0.1) is 15.6 Å². The molecule has 2 aromatic rings. The van der Waals surface area contributed by atoms with Gasteiger partial charge in [0.2, 0.25) is 0 Å². The molecule has 0 saturated carbocycles. The summed E-state index contributed by atoms with van der Waals surface area (Å²) in [4.78, 5) is 17.0. The number of nitrogens with zero attached hydrogens (tertiary/aromatic N) is 3. The lowest BCUT2D eigenvalue weighted by Crippen LogP contribution is -2.18. The van der Waals surface area contributed by atoms with Gasteiger partial charge in [-0.3, -0.25) is 20.9 Å². The number of benzene rings is 1. The normalized spacial score (nSPS) is 10.9. The zero-order chi connectivity index (χ0) is 15.4. The lowest BCUT2D eigenvalue weighted by atomic mass is 10.1. The lowest BCUT2D eigenvalue weighted by Gasteiger charge is -2.15. The van der Waals surface area contributed by atoms with Crippen LogP contribution < -0.4 is 11.3 Å². The number of nitrogens with one attached hydrogen (secondary N) is 1. The predicted molar refractivity (Wildman–Crippen MR) is 82.9 cm³/mol.